The molecule has 1 aromatic heterocycles. The molecular formula is C11H18BrN3. The van der Waals surface area contributed by atoms with Crippen LogP contribution in [0.1, 0.15) is 24.1 Å². The first-order valence-corrected chi connectivity index (χ1v) is 6.55. The van der Waals surface area contributed by atoms with Crippen molar-refractivity contribution in [2.75, 3.05) is 18.5 Å². The number of aromatic nitrogens is 2. The van der Waals surface area contributed by atoms with E-state index in [1.807, 2.05) is 11.7 Å². The van der Waals surface area contributed by atoms with Crippen LogP contribution >= 0.6 is 15.9 Å². The summed E-state index contributed by atoms with van der Waals surface area (Å²) in [4.78, 5) is 2.34. The Morgan fingerprint density at radius 2 is 2.20 bits per heavy atom. The molecule has 0 N–H and O–H groups in total. The first kappa shape index (κ1) is 11.0. The highest BCUT2D eigenvalue weighted by molar-refractivity contribution is 9.08. The van der Waals surface area contributed by atoms with E-state index in [1.54, 1.807) is 0 Å². The summed E-state index contributed by atoms with van der Waals surface area (Å²) < 4.78 is 1.99. The lowest BCUT2D eigenvalue weighted by Crippen LogP contribution is -2.23. The van der Waals surface area contributed by atoms with Gasteiger partial charge in [0, 0.05) is 31.5 Å². The highest BCUT2D eigenvalue weighted by Gasteiger charge is 2.25. The van der Waals surface area contributed by atoms with Crippen molar-refractivity contribution in [1.29, 1.82) is 0 Å². The fraction of sp³-hybridized carbons (Fsp3) is 0.727. The molecule has 0 bridgehead atoms. The first-order chi connectivity index (χ1) is 7.13. The molecule has 0 saturated heterocycles. The van der Waals surface area contributed by atoms with E-state index < -0.39 is 0 Å². The van der Waals surface area contributed by atoms with Crippen molar-refractivity contribution in [1.82, 2.24) is 9.78 Å². The normalized spacial score (nSPS) is 15.7. The minimum absolute atomic E-state index is 0.886. The quantitative estimate of drug-likeness (QED) is 0.785. The Kier molecular flexibility index (Phi) is 3.05. The zero-order valence-corrected chi connectivity index (χ0v) is 11.2. The van der Waals surface area contributed by atoms with Crippen molar-refractivity contribution >= 4 is 21.7 Å². The molecule has 2 rings (SSSR count). The van der Waals surface area contributed by atoms with Gasteiger partial charge < -0.3 is 4.90 Å². The van der Waals surface area contributed by atoms with Crippen LogP contribution < -0.4 is 4.90 Å². The van der Waals surface area contributed by atoms with Crippen molar-refractivity contribution in [3.05, 3.63) is 11.3 Å². The molecule has 84 valence electrons. The van der Waals surface area contributed by atoms with Crippen LogP contribution in [0.15, 0.2) is 0 Å². The molecule has 0 spiro atoms. The number of hydrogen-bond donors (Lipinski definition) is 0. The molecule has 1 aliphatic rings. The van der Waals surface area contributed by atoms with E-state index in [-0.39, 0.29) is 0 Å². The number of nitrogens with zero attached hydrogens (tertiary/aromatic N) is 3. The van der Waals surface area contributed by atoms with Gasteiger partial charge in [-0.3, -0.25) is 4.68 Å². The second kappa shape index (κ2) is 4.16. The molecule has 4 heteroatoms. The van der Waals surface area contributed by atoms with Gasteiger partial charge in [-0.05, 0) is 25.7 Å². The number of anilines is 1. The van der Waals surface area contributed by atoms with E-state index in [0.29, 0.717) is 0 Å². The first-order valence-electron chi connectivity index (χ1n) is 5.43. The zero-order chi connectivity index (χ0) is 11.0. The Bertz CT molecular complexity index is 355. The van der Waals surface area contributed by atoms with Crippen LogP contribution in [0.3, 0.4) is 0 Å². The summed E-state index contributed by atoms with van der Waals surface area (Å²) in [7, 11) is 4.19. The molecule has 0 aromatic carbocycles. The summed E-state index contributed by atoms with van der Waals surface area (Å²) >= 11 is 3.54. The Hall–Kier alpha value is -0.510. The maximum Gasteiger partial charge on any atom is 0.130 e. The molecule has 0 aliphatic heterocycles. The molecule has 15 heavy (non-hydrogen) atoms. The Morgan fingerprint density at radius 3 is 2.73 bits per heavy atom. The predicted octanol–water partition coefficient (Wildman–Crippen LogP) is 2.47. The van der Waals surface area contributed by atoms with Crippen LogP contribution in [0.2, 0.25) is 0 Å². The Labute approximate surface area is 99.6 Å². The summed E-state index contributed by atoms with van der Waals surface area (Å²) in [6, 6.07) is 0. The van der Waals surface area contributed by atoms with E-state index >= 15 is 0 Å². The van der Waals surface area contributed by atoms with Crippen LogP contribution in [0, 0.1) is 12.8 Å². The van der Waals surface area contributed by atoms with Gasteiger partial charge in [0.2, 0.25) is 0 Å². The Morgan fingerprint density at radius 1 is 1.53 bits per heavy atom. The van der Waals surface area contributed by atoms with Gasteiger partial charge in [-0.25, -0.2) is 0 Å². The third kappa shape index (κ3) is 2.19. The average molecular weight is 272 g/mol. The minimum atomic E-state index is 0.886. The van der Waals surface area contributed by atoms with Crippen molar-refractivity contribution in [2.24, 2.45) is 13.0 Å². The van der Waals surface area contributed by atoms with E-state index in [0.717, 1.165) is 16.9 Å². The van der Waals surface area contributed by atoms with Crippen molar-refractivity contribution in [3.63, 3.8) is 0 Å². The van der Waals surface area contributed by atoms with Gasteiger partial charge in [-0.15, -0.1) is 0 Å². The molecule has 0 atom stereocenters. The molecule has 1 saturated carbocycles. The number of halogens is 1. The fourth-order valence-electron chi connectivity index (χ4n) is 2.10. The number of aryl methyl sites for hydroxylation is 2. The summed E-state index contributed by atoms with van der Waals surface area (Å²) in [6.45, 7) is 3.24. The van der Waals surface area contributed by atoms with Gasteiger partial charge in [-0.2, -0.15) is 5.10 Å². The number of rotatable bonds is 4. The van der Waals surface area contributed by atoms with Crippen LogP contribution in [0.5, 0.6) is 0 Å². The highest BCUT2D eigenvalue weighted by Crippen LogP contribution is 2.32. The van der Waals surface area contributed by atoms with Gasteiger partial charge in [-0.1, -0.05) is 15.9 Å². The maximum absolute atomic E-state index is 4.48. The summed E-state index contributed by atoms with van der Waals surface area (Å²) in [5, 5.41) is 5.36. The molecule has 1 aromatic rings. The second-order valence-corrected chi connectivity index (χ2v) is 5.03. The molecule has 0 amide bonds. The predicted molar refractivity (Wildman–Crippen MR) is 66.6 cm³/mol. The van der Waals surface area contributed by atoms with Crippen LogP contribution in [-0.4, -0.2) is 23.4 Å². The monoisotopic (exact) mass is 271 g/mol. The van der Waals surface area contributed by atoms with Gasteiger partial charge in [0.05, 0.1) is 5.69 Å². The highest BCUT2D eigenvalue weighted by atomic mass is 79.9. The van der Waals surface area contributed by atoms with E-state index in [2.05, 4.69) is 39.9 Å². The van der Waals surface area contributed by atoms with Gasteiger partial charge in [0.25, 0.3) is 0 Å². The molecule has 1 heterocycles. The lowest BCUT2D eigenvalue weighted by atomic mass is 10.2. The Balaban J connectivity index is 2.23. The third-order valence-corrected chi connectivity index (χ3v) is 3.60. The van der Waals surface area contributed by atoms with Gasteiger partial charge >= 0.3 is 0 Å². The molecule has 0 unspecified atom stereocenters. The maximum atomic E-state index is 4.48. The standard InChI is InChI=1S/C11H18BrN3/c1-8-10(6-12)11(15(3)13-8)14(2)7-9-4-5-9/h9H,4-7H2,1-3H3. The van der Waals surface area contributed by atoms with Gasteiger partial charge in [0.1, 0.15) is 5.82 Å². The number of alkyl halides is 1. The third-order valence-electron chi connectivity index (χ3n) is 3.04. The zero-order valence-electron chi connectivity index (χ0n) is 9.63. The largest absolute Gasteiger partial charge is 0.359 e. The average Bonchev–Trinajstić information content (AvgIpc) is 2.91. The van der Waals surface area contributed by atoms with E-state index in [1.165, 1.54) is 30.8 Å². The van der Waals surface area contributed by atoms with Crippen molar-refractivity contribution in [3.8, 4) is 0 Å². The molecule has 3 nitrogen and oxygen atoms in total. The number of hydrogen-bond acceptors (Lipinski definition) is 2. The lowest BCUT2D eigenvalue weighted by Gasteiger charge is -2.20. The van der Waals surface area contributed by atoms with Crippen LogP contribution in [-0.2, 0) is 12.4 Å². The topological polar surface area (TPSA) is 21.1 Å². The summed E-state index contributed by atoms with van der Waals surface area (Å²) in [5.41, 5.74) is 2.45. The van der Waals surface area contributed by atoms with Crippen LogP contribution in [0.25, 0.3) is 0 Å². The van der Waals surface area contributed by atoms with E-state index in [4.69, 9.17) is 0 Å². The van der Waals surface area contributed by atoms with E-state index in [9.17, 15) is 0 Å². The van der Waals surface area contributed by atoms with Crippen molar-refractivity contribution < 1.29 is 0 Å². The summed E-state index contributed by atoms with van der Waals surface area (Å²) in [6.07, 6.45) is 2.79. The molecule has 1 fully saturated rings. The van der Waals surface area contributed by atoms with Crippen molar-refractivity contribution in [2.45, 2.75) is 25.1 Å². The summed E-state index contributed by atoms with van der Waals surface area (Å²) in [5.74, 6) is 2.17. The second-order valence-electron chi connectivity index (χ2n) is 4.47. The smallest absolute Gasteiger partial charge is 0.130 e. The minimum Gasteiger partial charge on any atom is -0.359 e. The van der Waals surface area contributed by atoms with Crippen LogP contribution in [0.4, 0.5) is 5.82 Å². The molecule has 1 aliphatic carbocycles. The lowest BCUT2D eigenvalue weighted by molar-refractivity contribution is 0.703. The SMILES string of the molecule is Cc1nn(C)c(N(C)CC2CC2)c1CBr. The fourth-order valence-corrected chi connectivity index (χ4v) is 2.75. The molecule has 0 radical (unpaired) electrons. The molecular weight excluding hydrogens is 254 g/mol. The van der Waals surface area contributed by atoms with Gasteiger partial charge in [0.15, 0.2) is 0 Å².